The van der Waals surface area contributed by atoms with Gasteiger partial charge in [-0.15, -0.1) is 0 Å². The van der Waals surface area contributed by atoms with Gasteiger partial charge in [0.2, 0.25) is 0 Å². The summed E-state index contributed by atoms with van der Waals surface area (Å²) in [6.07, 6.45) is 2.44. The van der Waals surface area contributed by atoms with Crippen molar-refractivity contribution in [3.05, 3.63) is 0 Å². The predicted molar refractivity (Wildman–Crippen MR) is 163 cm³/mol. The van der Waals surface area contributed by atoms with E-state index in [1.807, 2.05) is 0 Å². The average molecular weight is 587 g/mol. The van der Waals surface area contributed by atoms with E-state index < -0.39 is 59.0 Å². The van der Waals surface area contributed by atoms with Crippen LogP contribution in [0.5, 0.6) is 0 Å². The molecule has 0 aromatic heterocycles. The van der Waals surface area contributed by atoms with Gasteiger partial charge in [-0.3, -0.25) is 0 Å². The maximum absolute atomic E-state index is 7.03. The molecule has 0 saturated heterocycles. The van der Waals surface area contributed by atoms with Crippen molar-refractivity contribution in [1.82, 2.24) is 0 Å². The largest absolute Gasteiger partial charge is 0.456 e. The highest BCUT2D eigenvalue weighted by molar-refractivity contribution is 6.91. The lowest BCUT2D eigenvalue weighted by molar-refractivity contribution is 0.293. The summed E-state index contributed by atoms with van der Waals surface area (Å²) >= 11 is 0. The van der Waals surface area contributed by atoms with Crippen LogP contribution < -0.4 is 0 Å². The van der Waals surface area contributed by atoms with Crippen molar-refractivity contribution in [2.45, 2.75) is 136 Å². The van der Waals surface area contributed by atoms with Gasteiger partial charge in [0.05, 0.1) is 0 Å². The molecule has 0 aromatic carbocycles. The molecule has 0 N–H and O–H groups in total. The molecular weight excluding hydrogens is 529 g/mol. The Kier molecular flexibility index (Phi) is 12.7. The molecule has 0 aliphatic heterocycles. The van der Waals surface area contributed by atoms with Crippen LogP contribution in [-0.4, -0.2) is 59.0 Å². The van der Waals surface area contributed by atoms with Crippen molar-refractivity contribution >= 4 is 59.0 Å². The first-order chi connectivity index (χ1) is 14.3. The first-order valence-corrected chi connectivity index (χ1v) is 34.0. The van der Waals surface area contributed by atoms with Crippen molar-refractivity contribution in [2.24, 2.45) is 0 Å². The highest BCUT2D eigenvalue weighted by Crippen LogP contribution is 2.33. The number of hydrogen-bond acceptors (Lipinski definition) is 5. The molecule has 12 heteroatoms. The Hall–Kier alpha value is 1.32. The third-order valence-electron chi connectivity index (χ3n) is 4.89. The average Bonchev–Trinajstić information content (AvgIpc) is 2.43. The number of hydrogen-bond donors (Lipinski definition) is 0. The van der Waals surface area contributed by atoms with Crippen molar-refractivity contribution in [3.63, 3.8) is 0 Å². The minimum absolute atomic E-state index is 0.943. The zero-order valence-corrected chi connectivity index (χ0v) is 32.1. The molecule has 0 rings (SSSR count). The monoisotopic (exact) mass is 586 g/mol. The molecule has 5 nitrogen and oxygen atoms in total. The smallest absolute Gasteiger partial charge is 0.317 e. The summed E-state index contributed by atoms with van der Waals surface area (Å²) in [4.78, 5) is 0. The molecule has 0 aromatic rings. The summed E-state index contributed by atoms with van der Waals surface area (Å²) in [7, 11) is -14.1. The van der Waals surface area contributed by atoms with E-state index in [1.165, 1.54) is 18.9 Å². The molecule has 0 heterocycles. The molecule has 0 aliphatic rings. The van der Waals surface area contributed by atoms with Gasteiger partial charge in [-0.05, 0) is 116 Å². The molecular formula is C21H58O5Si7. The first-order valence-electron chi connectivity index (χ1n) is 12.8. The highest BCUT2D eigenvalue weighted by atomic mass is 28.5. The Morgan fingerprint density at radius 3 is 1.21 bits per heavy atom. The zero-order chi connectivity index (χ0) is 26.6. The van der Waals surface area contributed by atoms with Gasteiger partial charge in [-0.2, -0.15) is 0 Å². The zero-order valence-electron chi connectivity index (χ0n) is 25.1. The van der Waals surface area contributed by atoms with Gasteiger partial charge in [0.25, 0.3) is 0 Å². The second-order valence-electron chi connectivity index (χ2n) is 13.8. The minimum atomic E-state index is -2.55. The molecule has 0 bridgehead atoms. The van der Waals surface area contributed by atoms with Gasteiger partial charge < -0.3 is 20.6 Å². The second-order valence-corrected chi connectivity index (χ2v) is 42.7. The molecule has 0 saturated carbocycles. The van der Waals surface area contributed by atoms with E-state index in [1.54, 1.807) is 0 Å². The SMILES string of the molecule is CCCC[Si](C)(C)O[Si](C)(C)O[Si](C)(CC[Si](C)(C)O[Si](C)(C)C)O[Si](C)(C)O[Si](C)(C)C. The van der Waals surface area contributed by atoms with Crippen molar-refractivity contribution < 1.29 is 20.6 Å². The van der Waals surface area contributed by atoms with Gasteiger partial charge >= 0.3 is 25.7 Å². The lowest BCUT2D eigenvalue weighted by Crippen LogP contribution is -2.60. The topological polar surface area (TPSA) is 46.2 Å². The van der Waals surface area contributed by atoms with Crippen LogP contribution in [-0.2, 0) is 20.6 Å². The van der Waals surface area contributed by atoms with E-state index in [0.29, 0.717) is 0 Å². The maximum Gasteiger partial charge on any atom is 0.317 e. The third kappa shape index (κ3) is 17.4. The van der Waals surface area contributed by atoms with Crippen LogP contribution in [0.15, 0.2) is 0 Å². The van der Waals surface area contributed by atoms with E-state index in [9.17, 15) is 0 Å². The highest BCUT2D eigenvalue weighted by Gasteiger charge is 2.48. The van der Waals surface area contributed by atoms with E-state index in [-0.39, 0.29) is 0 Å². The Bertz CT molecular complexity index is 601. The Labute approximate surface area is 215 Å². The van der Waals surface area contributed by atoms with E-state index in [2.05, 4.69) is 105 Å². The van der Waals surface area contributed by atoms with E-state index in [4.69, 9.17) is 20.6 Å². The normalized spacial score (nSPS) is 16.7. The summed E-state index contributed by atoms with van der Waals surface area (Å²) in [5.41, 5.74) is 0. The maximum atomic E-state index is 7.03. The fourth-order valence-electron chi connectivity index (χ4n) is 4.67. The van der Waals surface area contributed by atoms with E-state index >= 15 is 0 Å². The van der Waals surface area contributed by atoms with Gasteiger partial charge in [0.1, 0.15) is 0 Å². The van der Waals surface area contributed by atoms with Crippen LogP contribution in [0.3, 0.4) is 0 Å². The molecule has 1 unspecified atom stereocenters. The minimum Gasteiger partial charge on any atom is -0.456 e. The van der Waals surface area contributed by atoms with Crippen LogP contribution in [0, 0.1) is 0 Å². The standard InChI is InChI=1S/C21H58O5Si7/c1-17-18-19-29(8,9)24-32(14,15)26-33(16,25-31(12,13)23-28(5,6)7)21-20-30(10,11)22-27(2,3)4/h17-21H2,1-16H3. The van der Waals surface area contributed by atoms with E-state index in [0.717, 1.165) is 12.1 Å². The first kappa shape index (κ1) is 34.3. The van der Waals surface area contributed by atoms with Crippen LogP contribution in [0.25, 0.3) is 0 Å². The molecule has 0 fully saturated rings. The number of rotatable bonds is 16. The molecule has 33 heavy (non-hydrogen) atoms. The summed E-state index contributed by atoms with van der Waals surface area (Å²) in [5, 5.41) is 0. The van der Waals surface area contributed by atoms with Gasteiger partial charge in [-0.25, -0.2) is 0 Å². The molecule has 0 aliphatic carbocycles. The molecule has 0 amide bonds. The molecule has 1 atom stereocenters. The third-order valence-corrected chi connectivity index (χ3v) is 30.2. The fourth-order valence-corrected chi connectivity index (χ4v) is 39.5. The Morgan fingerprint density at radius 1 is 0.424 bits per heavy atom. The quantitative estimate of drug-likeness (QED) is 0.170. The van der Waals surface area contributed by atoms with Crippen LogP contribution in [0.4, 0.5) is 0 Å². The van der Waals surface area contributed by atoms with Gasteiger partial charge in [0, 0.05) is 0 Å². The molecule has 200 valence electrons. The van der Waals surface area contributed by atoms with Crippen LogP contribution >= 0.6 is 0 Å². The van der Waals surface area contributed by atoms with Crippen molar-refractivity contribution in [2.75, 3.05) is 0 Å². The lowest BCUT2D eigenvalue weighted by atomic mass is 10.4. The second kappa shape index (κ2) is 12.2. The van der Waals surface area contributed by atoms with Crippen molar-refractivity contribution in [3.8, 4) is 0 Å². The summed E-state index contributed by atoms with van der Waals surface area (Å²) in [6.45, 7) is 36.3. The number of unbranched alkanes of at least 4 members (excludes halogenated alkanes) is 1. The molecule has 0 radical (unpaired) electrons. The summed E-state index contributed by atoms with van der Waals surface area (Å²) < 4.78 is 34.1. The molecule has 0 spiro atoms. The van der Waals surface area contributed by atoms with Crippen LogP contribution in [0.2, 0.25) is 116 Å². The van der Waals surface area contributed by atoms with Crippen molar-refractivity contribution in [1.29, 1.82) is 0 Å². The predicted octanol–water partition coefficient (Wildman–Crippen LogP) is 8.43. The fraction of sp³-hybridized carbons (Fsp3) is 1.00. The van der Waals surface area contributed by atoms with Crippen LogP contribution in [0.1, 0.15) is 19.8 Å². The van der Waals surface area contributed by atoms with Gasteiger partial charge in [-0.1, -0.05) is 19.8 Å². The lowest BCUT2D eigenvalue weighted by Gasteiger charge is -2.44. The summed E-state index contributed by atoms with van der Waals surface area (Å²) in [5.74, 6) is 0. The summed E-state index contributed by atoms with van der Waals surface area (Å²) in [6, 6.07) is 3.18. The van der Waals surface area contributed by atoms with Gasteiger partial charge in [0.15, 0.2) is 33.3 Å². The Balaban J connectivity index is 5.76. The Morgan fingerprint density at radius 2 is 0.818 bits per heavy atom.